The Labute approximate surface area is 166 Å². The summed E-state index contributed by atoms with van der Waals surface area (Å²) in [6.45, 7) is 7.66. The summed E-state index contributed by atoms with van der Waals surface area (Å²) in [5.74, 6) is -1.61. The van der Waals surface area contributed by atoms with Crippen LogP contribution in [0.4, 0.5) is 0 Å². The molecule has 0 radical (unpaired) electrons. The van der Waals surface area contributed by atoms with E-state index in [9.17, 15) is 19.8 Å². The highest BCUT2D eigenvalue weighted by Gasteiger charge is 2.46. The van der Waals surface area contributed by atoms with Gasteiger partial charge in [-0.2, -0.15) is 0 Å². The monoisotopic (exact) mass is 380 g/mol. The number of ketones is 2. The number of Topliss-reactive ketones (excluding diaryl/α,β-unsaturated/α-hetero) is 1. The van der Waals surface area contributed by atoms with E-state index in [-0.39, 0.29) is 30.6 Å². The van der Waals surface area contributed by atoms with Crippen molar-refractivity contribution in [2.24, 2.45) is 5.41 Å². The van der Waals surface area contributed by atoms with Gasteiger partial charge in [0, 0.05) is 12.5 Å². The molecule has 0 amide bonds. The number of aliphatic hydroxyl groups excluding tert-OH is 2. The normalized spacial score (nSPS) is 15.7. The molecule has 0 spiro atoms. The molecule has 0 fully saturated rings. The molecule has 2 N–H and O–H groups in total. The molecule has 28 heavy (non-hydrogen) atoms. The predicted octanol–water partition coefficient (Wildman–Crippen LogP) is 5.33. The summed E-state index contributed by atoms with van der Waals surface area (Å²) in [6, 6.07) is 9.12. The molecule has 4 heteroatoms. The lowest BCUT2D eigenvalue weighted by Crippen LogP contribution is -2.37. The number of benzene rings is 1. The molecule has 0 heterocycles. The third-order valence-corrected chi connectivity index (χ3v) is 4.89. The maximum absolute atomic E-state index is 12.9. The SMILES string of the molecule is CC(C)=CCC1(CC=C(C)C)C(=O)C=C(O)C(C(=O)Cc2ccccc2)=C1O. The van der Waals surface area contributed by atoms with Crippen molar-refractivity contribution in [3.05, 3.63) is 82.4 Å². The fraction of sp³-hybridized carbons (Fsp3) is 0.333. The van der Waals surface area contributed by atoms with E-state index in [1.165, 1.54) is 0 Å². The van der Waals surface area contributed by atoms with E-state index in [1.807, 2.05) is 70.2 Å². The zero-order chi connectivity index (χ0) is 20.9. The fourth-order valence-electron chi connectivity index (χ4n) is 3.19. The van der Waals surface area contributed by atoms with Gasteiger partial charge in [-0.15, -0.1) is 0 Å². The third-order valence-electron chi connectivity index (χ3n) is 4.89. The van der Waals surface area contributed by atoms with Gasteiger partial charge >= 0.3 is 0 Å². The maximum atomic E-state index is 12.9. The summed E-state index contributed by atoms with van der Waals surface area (Å²) in [6.07, 6.45) is 5.39. The summed E-state index contributed by atoms with van der Waals surface area (Å²) < 4.78 is 0. The Balaban J connectivity index is 2.54. The molecular weight excluding hydrogens is 352 g/mol. The maximum Gasteiger partial charge on any atom is 0.174 e. The molecule has 148 valence electrons. The van der Waals surface area contributed by atoms with Gasteiger partial charge < -0.3 is 10.2 Å². The fourth-order valence-corrected chi connectivity index (χ4v) is 3.19. The summed E-state index contributed by atoms with van der Waals surface area (Å²) in [4.78, 5) is 25.8. The molecule has 0 unspecified atom stereocenters. The molecule has 0 saturated carbocycles. The van der Waals surface area contributed by atoms with Crippen LogP contribution < -0.4 is 0 Å². The number of carbonyl (C=O) groups excluding carboxylic acids is 2. The van der Waals surface area contributed by atoms with Gasteiger partial charge in [0.15, 0.2) is 11.6 Å². The Morgan fingerprint density at radius 2 is 1.50 bits per heavy atom. The number of rotatable bonds is 7. The van der Waals surface area contributed by atoms with E-state index in [0.717, 1.165) is 22.8 Å². The van der Waals surface area contributed by atoms with Crippen molar-refractivity contribution >= 4 is 11.6 Å². The van der Waals surface area contributed by atoms with Crippen molar-refractivity contribution in [2.45, 2.75) is 47.0 Å². The lowest BCUT2D eigenvalue weighted by atomic mass is 9.69. The van der Waals surface area contributed by atoms with Crippen molar-refractivity contribution < 1.29 is 19.8 Å². The largest absolute Gasteiger partial charge is 0.510 e. The summed E-state index contributed by atoms with van der Waals surface area (Å²) in [5, 5.41) is 21.4. The topological polar surface area (TPSA) is 74.6 Å². The Kier molecular flexibility index (Phi) is 6.79. The van der Waals surface area contributed by atoms with E-state index < -0.39 is 22.7 Å². The summed E-state index contributed by atoms with van der Waals surface area (Å²) >= 11 is 0. The van der Waals surface area contributed by atoms with Crippen LogP contribution in [0.5, 0.6) is 0 Å². The Hall–Kier alpha value is -2.88. The van der Waals surface area contributed by atoms with Crippen molar-refractivity contribution in [2.75, 3.05) is 0 Å². The van der Waals surface area contributed by atoms with Gasteiger partial charge in [-0.3, -0.25) is 9.59 Å². The highest BCUT2D eigenvalue weighted by Crippen LogP contribution is 2.43. The molecule has 2 rings (SSSR count). The molecule has 0 aliphatic heterocycles. The zero-order valence-electron chi connectivity index (χ0n) is 17.0. The van der Waals surface area contributed by atoms with Gasteiger partial charge in [-0.1, -0.05) is 53.6 Å². The number of carbonyl (C=O) groups is 2. The van der Waals surface area contributed by atoms with Gasteiger partial charge in [-0.25, -0.2) is 0 Å². The minimum absolute atomic E-state index is 0.0354. The van der Waals surface area contributed by atoms with Crippen molar-refractivity contribution in [1.82, 2.24) is 0 Å². The molecule has 4 nitrogen and oxygen atoms in total. The van der Waals surface area contributed by atoms with Crippen molar-refractivity contribution in [1.29, 1.82) is 0 Å². The number of hydrogen-bond donors (Lipinski definition) is 2. The average molecular weight is 380 g/mol. The zero-order valence-corrected chi connectivity index (χ0v) is 17.0. The molecule has 0 aromatic heterocycles. The second-order valence-corrected chi connectivity index (χ2v) is 7.76. The van der Waals surface area contributed by atoms with Crippen LogP contribution in [0.25, 0.3) is 0 Å². The minimum atomic E-state index is -1.28. The van der Waals surface area contributed by atoms with Crippen LogP contribution in [0.2, 0.25) is 0 Å². The molecular formula is C24H28O4. The van der Waals surface area contributed by atoms with Crippen LogP contribution in [0.1, 0.15) is 46.1 Å². The molecule has 1 aliphatic carbocycles. The third kappa shape index (κ3) is 4.69. The van der Waals surface area contributed by atoms with Gasteiger partial charge in [0.25, 0.3) is 0 Å². The van der Waals surface area contributed by atoms with E-state index >= 15 is 0 Å². The lowest BCUT2D eigenvalue weighted by molar-refractivity contribution is -0.124. The number of aliphatic hydroxyl groups is 2. The second-order valence-electron chi connectivity index (χ2n) is 7.76. The van der Waals surface area contributed by atoms with Crippen LogP contribution in [-0.2, 0) is 16.0 Å². The van der Waals surface area contributed by atoms with E-state index in [2.05, 4.69) is 0 Å². The van der Waals surface area contributed by atoms with Gasteiger partial charge in [0.05, 0.1) is 11.0 Å². The van der Waals surface area contributed by atoms with Gasteiger partial charge in [-0.05, 0) is 46.1 Å². The smallest absolute Gasteiger partial charge is 0.174 e. The quantitative estimate of drug-likeness (QED) is 0.627. The Bertz CT molecular complexity index is 854. The Morgan fingerprint density at radius 1 is 0.964 bits per heavy atom. The van der Waals surface area contributed by atoms with Crippen molar-refractivity contribution in [3.8, 4) is 0 Å². The molecule has 1 aromatic carbocycles. The Morgan fingerprint density at radius 3 is 2.00 bits per heavy atom. The van der Waals surface area contributed by atoms with Crippen LogP contribution in [-0.4, -0.2) is 21.8 Å². The summed E-state index contributed by atoms with van der Waals surface area (Å²) in [7, 11) is 0. The average Bonchev–Trinajstić information content (AvgIpc) is 2.61. The van der Waals surface area contributed by atoms with Crippen molar-refractivity contribution in [3.63, 3.8) is 0 Å². The van der Waals surface area contributed by atoms with Crippen LogP contribution in [0, 0.1) is 5.41 Å². The first-order valence-electron chi connectivity index (χ1n) is 9.40. The van der Waals surface area contributed by atoms with E-state index in [1.54, 1.807) is 0 Å². The number of allylic oxidation sites excluding steroid dienone is 7. The molecule has 1 aromatic rings. The molecule has 0 bridgehead atoms. The first-order valence-corrected chi connectivity index (χ1v) is 9.40. The van der Waals surface area contributed by atoms with Crippen LogP contribution >= 0.6 is 0 Å². The molecule has 0 atom stereocenters. The lowest BCUT2D eigenvalue weighted by Gasteiger charge is -2.33. The van der Waals surface area contributed by atoms with Gasteiger partial charge in [0.1, 0.15) is 11.5 Å². The molecule has 1 aliphatic rings. The van der Waals surface area contributed by atoms with Gasteiger partial charge in [0.2, 0.25) is 0 Å². The van der Waals surface area contributed by atoms with Crippen LogP contribution in [0.3, 0.4) is 0 Å². The summed E-state index contributed by atoms with van der Waals surface area (Å²) in [5.41, 5.74) is 1.35. The van der Waals surface area contributed by atoms with E-state index in [0.29, 0.717) is 0 Å². The highest BCUT2D eigenvalue weighted by molar-refractivity contribution is 6.08. The first kappa shape index (κ1) is 21.4. The first-order chi connectivity index (χ1) is 13.2. The predicted molar refractivity (Wildman–Crippen MR) is 111 cm³/mol. The standard InChI is InChI=1S/C24H28O4/c1-16(2)10-12-24(13-11-17(3)4)21(27)15-20(26)22(23(24)28)19(25)14-18-8-6-5-7-9-18/h5-11,15,26,28H,12-14H2,1-4H3. The highest BCUT2D eigenvalue weighted by atomic mass is 16.3. The number of hydrogen-bond acceptors (Lipinski definition) is 4. The second kappa shape index (κ2) is 8.87. The molecule has 0 saturated heterocycles. The van der Waals surface area contributed by atoms with Crippen LogP contribution in [0.15, 0.2) is 76.8 Å². The van der Waals surface area contributed by atoms with E-state index in [4.69, 9.17) is 0 Å². The minimum Gasteiger partial charge on any atom is -0.510 e.